The van der Waals surface area contributed by atoms with E-state index in [1.165, 1.54) is 6.42 Å². The van der Waals surface area contributed by atoms with E-state index >= 15 is 0 Å². The zero-order valence-corrected chi connectivity index (χ0v) is 17.9. The summed E-state index contributed by atoms with van der Waals surface area (Å²) in [6.07, 6.45) is 3.24. The van der Waals surface area contributed by atoms with Gasteiger partial charge < -0.3 is 14.8 Å². The summed E-state index contributed by atoms with van der Waals surface area (Å²) in [4.78, 5) is 28.4. The second-order valence-corrected chi connectivity index (χ2v) is 8.86. The van der Waals surface area contributed by atoms with Gasteiger partial charge in [-0.2, -0.15) is 0 Å². The van der Waals surface area contributed by atoms with Gasteiger partial charge >= 0.3 is 0 Å². The molecule has 0 bridgehead atoms. The van der Waals surface area contributed by atoms with Crippen molar-refractivity contribution in [3.63, 3.8) is 0 Å². The first-order valence-electron chi connectivity index (χ1n) is 9.94. The molecule has 7 heteroatoms. The molecule has 1 fully saturated rings. The molecule has 0 saturated carbocycles. The summed E-state index contributed by atoms with van der Waals surface area (Å²) in [5.41, 5.74) is 1.92. The average Bonchev–Trinajstić information content (AvgIpc) is 3.36. The number of nitrogens with one attached hydrogen (secondary N) is 1. The third-order valence-electron chi connectivity index (χ3n) is 5.35. The number of amides is 2. The molecule has 152 valence electrons. The third kappa shape index (κ3) is 4.33. The largest absolute Gasteiger partial charge is 0.343 e. The fourth-order valence-corrected chi connectivity index (χ4v) is 4.85. The molecule has 0 radical (unpaired) electrons. The number of thiophene rings is 1. The molecule has 1 saturated heterocycles. The molecule has 3 heterocycles. The van der Waals surface area contributed by atoms with Crippen molar-refractivity contribution < 1.29 is 9.59 Å². The van der Waals surface area contributed by atoms with E-state index < -0.39 is 6.04 Å². The highest BCUT2D eigenvalue weighted by Crippen LogP contribution is 2.32. The molecule has 29 heavy (non-hydrogen) atoms. The minimum Gasteiger partial charge on any atom is -0.343 e. The Labute approximate surface area is 179 Å². The summed E-state index contributed by atoms with van der Waals surface area (Å²) >= 11 is 7.79. The van der Waals surface area contributed by atoms with E-state index in [4.69, 9.17) is 11.6 Å². The monoisotopic (exact) mass is 429 g/mol. The second-order valence-electron chi connectivity index (χ2n) is 7.47. The number of benzene rings is 1. The van der Waals surface area contributed by atoms with Crippen molar-refractivity contribution >= 4 is 45.7 Å². The van der Waals surface area contributed by atoms with Crippen LogP contribution in [0.2, 0.25) is 5.02 Å². The number of aromatic nitrogens is 1. The number of rotatable bonds is 5. The van der Waals surface area contributed by atoms with Gasteiger partial charge in [0, 0.05) is 29.0 Å². The first kappa shape index (κ1) is 20.0. The van der Waals surface area contributed by atoms with Gasteiger partial charge in [0.1, 0.15) is 12.6 Å². The molecule has 2 amide bonds. The number of hydrogen-bond donors (Lipinski definition) is 1. The molecular weight excluding hydrogens is 406 g/mol. The van der Waals surface area contributed by atoms with Crippen molar-refractivity contribution in [2.45, 2.75) is 38.8 Å². The lowest BCUT2D eigenvalue weighted by Crippen LogP contribution is -2.49. The average molecular weight is 430 g/mol. The summed E-state index contributed by atoms with van der Waals surface area (Å²) in [5, 5.41) is 6.56. The maximum atomic E-state index is 12.8. The molecule has 1 atom stereocenters. The van der Waals surface area contributed by atoms with E-state index in [1.54, 1.807) is 18.3 Å². The van der Waals surface area contributed by atoms with Crippen LogP contribution in [0.4, 0.5) is 0 Å². The van der Waals surface area contributed by atoms with Gasteiger partial charge in [0.2, 0.25) is 11.8 Å². The molecule has 2 aromatic heterocycles. The van der Waals surface area contributed by atoms with Gasteiger partial charge in [0.05, 0.1) is 10.6 Å². The lowest BCUT2D eigenvalue weighted by molar-refractivity contribution is -0.136. The van der Waals surface area contributed by atoms with E-state index in [2.05, 4.69) is 11.4 Å². The Morgan fingerprint density at radius 2 is 1.97 bits per heavy atom. The van der Waals surface area contributed by atoms with Crippen LogP contribution in [-0.4, -0.2) is 40.4 Å². The molecule has 1 aromatic carbocycles. The normalized spacial score (nSPS) is 15.4. The van der Waals surface area contributed by atoms with Crippen LogP contribution >= 0.6 is 22.9 Å². The molecule has 1 aliphatic heterocycles. The highest BCUT2D eigenvalue weighted by Gasteiger charge is 2.24. The van der Waals surface area contributed by atoms with Crippen LogP contribution in [0, 0.1) is 0 Å². The van der Waals surface area contributed by atoms with Crippen molar-refractivity contribution in [2.24, 2.45) is 0 Å². The molecule has 1 N–H and O–H groups in total. The summed E-state index contributed by atoms with van der Waals surface area (Å²) < 4.78 is 1.99. The van der Waals surface area contributed by atoms with E-state index in [-0.39, 0.29) is 18.4 Å². The van der Waals surface area contributed by atoms with Gasteiger partial charge in [0.15, 0.2) is 0 Å². The Kier molecular flexibility index (Phi) is 5.92. The van der Waals surface area contributed by atoms with Gasteiger partial charge in [-0.1, -0.05) is 17.7 Å². The van der Waals surface area contributed by atoms with E-state index in [0.717, 1.165) is 47.4 Å². The number of likely N-dealkylation sites (tertiary alicyclic amines) is 1. The van der Waals surface area contributed by atoms with Crippen LogP contribution in [0.1, 0.15) is 26.2 Å². The van der Waals surface area contributed by atoms with Crippen molar-refractivity contribution in [1.82, 2.24) is 14.8 Å². The predicted octanol–water partition coefficient (Wildman–Crippen LogP) is 4.54. The molecule has 0 aliphatic carbocycles. The Morgan fingerprint density at radius 1 is 1.17 bits per heavy atom. The Balaban J connectivity index is 1.54. The fraction of sp³-hybridized carbons (Fsp3) is 0.364. The lowest BCUT2D eigenvalue weighted by Gasteiger charge is -2.29. The summed E-state index contributed by atoms with van der Waals surface area (Å²) in [5.74, 6) is -0.172. The quantitative estimate of drug-likeness (QED) is 0.647. The van der Waals surface area contributed by atoms with Crippen LogP contribution < -0.4 is 5.32 Å². The number of hydrogen-bond acceptors (Lipinski definition) is 3. The topological polar surface area (TPSA) is 54.3 Å². The maximum Gasteiger partial charge on any atom is 0.244 e. The first-order valence-corrected chi connectivity index (χ1v) is 11.2. The Morgan fingerprint density at radius 3 is 2.69 bits per heavy atom. The highest BCUT2D eigenvalue weighted by molar-refractivity contribution is 7.13. The minimum absolute atomic E-state index is 0.000626. The first-order chi connectivity index (χ1) is 14.0. The molecule has 0 spiro atoms. The van der Waals surface area contributed by atoms with Crippen LogP contribution in [-0.2, 0) is 16.1 Å². The molecule has 0 unspecified atom stereocenters. The van der Waals surface area contributed by atoms with Gasteiger partial charge in [-0.25, -0.2) is 0 Å². The Bertz CT molecular complexity index is 1020. The van der Waals surface area contributed by atoms with E-state index in [1.807, 2.05) is 45.2 Å². The number of fused-ring (bicyclic) bond motifs is 1. The zero-order valence-electron chi connectivity index (χ0n) is 16.4. The third-order valence-corrected chi connectivity index (χ3v) is 6.48. The number of carbonyl (C=O) groups is 2. The standard InChI is InChI=1S/C22H24ClN3O2S/c1-15(22(28)25-9-3-2-4-10-25)24-21(27)14-26-18-8-7-17(23)12-16(18)13-19(26)20-6-5-11-29-20/h5-8,11-13,15H,2-4,9-10,14H2,1H3,(H,24,27)/t15-/m0/s1. The number of carbonyl (C=O) groups excluding carboxylic acids is 2. The Hall–Kier alpha value is -2.31. The molecular formula is C22H24ClN3O2S. The zero-order chi connectivity index (χ0) is 20.4. The van der Waals surface area contributed by atoms with Crippen molar-refractivity contribution in [3.8, 4) is 10.6 Å². The summed E-state index contributed by atoms with van der Waals surface area (Å²) in [7, 11) is 0. The van der Waals surface area contributed by atoms with Crippen LogP contribution in [0.3, 0.4) is 0 Å². The van der Waals surface area contributed by atoms with Crippen LogP contribution in [0.15, 0.2) is 41.8 Å². The van der Waals surface area contributed by atoms with Crippen LogP contribution in [0.25, 0.3) is 21.5 Å². The number of piperidine rings is 1. The fourth-order valence-electron chi connectivity index (χ4n) is 3.92. The van der Waals surface area contributed by atoms with Crippen LogP contribution in [0.5, 0.6) is 0 Å². The van der Waals surface area contributed by atoms with Crippen molar-refractivity contribution in [1.29, 1.82) is 0 Å². The molecule has 4 rings (SSSR count). The number of nitrogens with zero attached hydrogens (tertiary/aromatic N) is 2. The minimum atomic E-state index is -0.526. The van der Waals surface area contributed by atoms with Gasteiger partial charge in [0.25, 0.3) is 0 Å². The highest BCUT2D eigenvalue weighted by atomic mass is 35.5. The molecule has 1 aliphatic rings. The smallest absolute Gasteiger partial charge is 0.244 e. The predicted molar refractivity (Wildman–Crippen MR) is 118 cm³/mol. The SMILES string of the molecule is C[C@H](NC(=O)Cn1c(-c2cccs2)cc2cc(Cl)ccc21)C(=O)N1CCCCC1. The van der Waals surface area contributed by atoms with Crippen molar-refractivity contribution in [2.75, 3.05) is 13.1 Å². The van der Waals surface area contributed by atoms with Gasteiger partial charge in [-0.3, -0.25) is 9.59 Å². The van der Waals surface area contributed by atoms with Crippen molar-refractivity contribution in [3.05, 3.63) is 46.8 Å². The maximum absolute atomic E-state index is 12.8. The van der Waals surface area contributed by atoms with Gasteiger partial charge in [-0.15, -0.1) is 11.3 Å². The van der Waals surface area contributed by atoms with E-state index in [0.29, 0.717) is 5.02 Å². The molecule has 3 aromatic rings. The van der Waals surface area contributed by atoms with Gasteiger partial charge in [-0.05, 0) is 61.9 Å². The van der Waals surface area contributed by atoms with E-state index in [9.17, 15) is 9.59 Å². The summed E-state index contributed by atoms with van der Waals surface area (Å²) in [6, 6.07) is 11.2. The second kappa shape index (κ2) is 8.59. The summed E-state index contributed by atoms with van der Waals surface area (Å²) in [6.45, 7) is 3.48. The lowest BCUT2D eigenvalue weighted by atomic mass is 10.1. The molecule has 5 nitrogen and oxygen atoms in total. The number of halogens is 1.